The zero-order chi connectivity index (χ0) is 6.91. The standard InChI is InChI=1S/C7H13ClO/c1-6-7(2,5-8)3-4-9-6/h6H,3-5H2,1-2H3. The molecule has 54 valence electrons. The van der Waals surface area contributed by atoms with E-state index in [0.29, 0.717) is 12.0 Å². The molecule has 1 saturated heterocycles. The van der Waals surface area contributed by atoms with Crippen molar-refractivity contribution in [2.24, 2.45) is 5.41 Å². The summed E-state index contributed by atoms with van der Waals surface area (Å²) in [6, 6.07) is 0. The van der Waals surface area contributed by atoms with Crippen molar-refractivity contribution in [3.05, 3.63) is 0 Å². The molecule has 0 aromatic heterocycles. The molecule has 0 radical (unpaired) electrons. The van der Waals surface area contributed by atoms with Crippen molar-refractivity contribution in [2.45, 2.75) is 26.4 Å². The van der Waals surface area contributed by atoms with Crippen LogP contribution in [-0.4, -0.2) is 18.6 Å². The lowest BCUT2D eigenvalue weighted by molar-refractivity contribution is 0.0811. The molecule has 0 aliphatic carbocycles. The second kappa shape index (κ2) is 2.47. The minimum atomic E-state index is 0.238. The highest BCUT2D eigenvalue weighted by Crippen LogP contribution is 2.34. The van der Waals surface area contributed by atoms with Crippen LogP contribution < -0.4 is 0 Å². The Morgan fingerprint density at radius 3 is 2.67 bits per heavy atom. The molecule has 2 heteroatoms. The highest BCUT2D eigenvalue weighted by molar-refractivity contribution is 6.18. The largest absolute Gasteiger partial charge is 0.378 e. The van der Waals surface area contributed by atoms with Crippen molar-refractivity contribution < 1.29 is 4.74 Å². The third-order valence-electron chi connectivity index (χ3n) is 2.33. The number of hydrogen-bond acceptors (Lipinski definition) is 1. The summed E-state index contributed by atoms with van der Waals surface area (Å²) in [6.07, 6.45) is 1.45. The minimum absolute atomic E-state index is 0.238. The minimum Gasteiger partial charge on any atom is -0.378 e. The summed E-state index contributed by atoms with van der Waals surface area (Å²) in [5.41, 5.74) is 0.238. The Kier molecular flexibility index (Phi) is 2.02. The van der Waals surface area contributed by atoms with Gasteiger partial charge in [0.2, 0.25) is 0 Å². The van der Waals surface area contributed by atoms with E-state index in [4.69, 9.17) is 16.3 Å². The normalized spacial score (nSPS) is 43.7. The molecule has 2 atom stereocenters. The highest BCUT2D eigenvalue weighted by atomic mass is 35.5. The SMILES string of the molecule is CC1OCCC1(C)CCl. The Morgan fingerprint density at radius 2 is 2.44 bits per heavy atom. The lowest BCUT2D eigenvalue weighted by Gasteiger charge is -2.23. The average Bonchev–Trinajstić information content (AvgIpc) is 2.15. The van der Waals surface area contributed by atoms with Gasteiger partial charge in [0.15, 0.2) is 0 Å². The summed E-state index contributed by atoms with van der Waals surface area (Å²) in [7, 11) is 0. The Bertz CT molecular complexity index is 105. The number of hydrogen-bond donors (Lipinski definition) is 0. The second-order valence-electron chi connectivity index (χ2n) is 3.05. The zero-order valence-electron chi connectivity index (χ0n) is 5.98. The van der Waals surface area contributed by atoms with Crippen LogP contribution in [0, 0.1) is 5.41 Å². The maximum absolute atomic E-state index is 5.76. The van der Waals surface area contributed by atoms with Gasteiger partial charge in [0.1, 0.15) is 0 Å². The van der Waals surface area contributed by atoms with E-state index >= 15 is 0 Å². The van der Waals surface area contributed by atoms with Gasteiger partial charge >= 0.3 is 0 Å². The zero-order valence-corrected chi connectivity index (χ0v) is 6.74. The van der Waals surface area contributed by atoms with Gasteiger partial charge in [-0.05, 0) is 13.3 Å². The summed E-state index contributed by atoms with van der Waals surface area (Å²) in [6.45, 7) is 5.15. The van der Waals surface area contributed by atoms with E-state index in [9.17, 15) is 0 Å². The lowest BCUT2D eigenvalue weighted by atomic mass is 9.86. The summed E-state index contributed by atoms with van der Waals surface area (Å²) >= 11 is 5.76. The molecule has 1 aliphatic heterocycles. The molecule has 1 nitrogen and oxygen atoms in total. The topological polar surface area (TPSA) is 9.23 Å². The monoisotopic (exact) mass is 148 g/mol. The molecule has 0 amide bonds. The smallest absolute Gasteiger partial charge is 0.0612 e. The van der Waals surface area contributed by atoms with Crippen LogP contribution in [0.2, 0.25) is 0 Å². The quantitative estimate of drug-likeness (QED) is 0.518. The van der Waals surface area contributed by atoms with Crippen molar-refractivity contribution in [3.8, 4) is 0 Å². The summed E-state index contributed by atoms with van der Waals surface area (Å²) in [5.74, 6) is 0.716. The first-order chi connectivity index (χ1) is 4.19. The number of alkyl halides is 1. The van der Waals surface area contributed by atoms with Gasteiger partial charge in [0.05, 0.1) is 6.10 Å². The third kappa shape index (κ3) is 1.22. The van der Waals surface area contributed by atoms with E-state index in [1.165, 1.54) is 0 Å². The van der Waals surface area contributed by atoms with Crippen LogP contribution in [0.3, 0.4) is 0 Å². The number of halogens is 1. The maximum atomic E-state index is 5.76. The molecule has 0 aromatic rings. The fraction of sp³-hybridized carbons (Fsp3) is 1.00. The number of rotatable bonds is 1. The van der Waals surface area contributed by atoms with Crippen molar-refractivity contribution in [1.29, 1.82) is 0 Å². The second-order valence-corrected chi connectivity index (χ2v) is 3.32. The molecular formula is C7H13ClO. The fourth-order valence-electron chi connectivity index (χ4n) is 1.05. The molecule has 0 bridgehead atoms. The van der Waals surface area contributed by atoms with Crippen molar-refractivity contribution in [3.63, 3.8) is 0 Å². The van der Waals surface area contributed by atoms with Gasteiger partial charge in [-0.3, -0.25) is 0 Å². The predicted octanol–water partition coefficient (Wildman–Crippen LogP) is 2.04. The Labute approximate surface area is 61.3 Å². The fourth-order valence-corrected chi connectivity index (χ4v) is 1.40. The van der Waals surface area contributed by atoms with Gasteiger partial charge in [-0.2, -0.15) is 0 Å². The van der Waals surface area contributed by atoms with Crippen LogP contribution in [0.25, 0.3) is 0 Å². The summed E-state index contributed by atoms with van der Waals surface area (Å²) in [4.78, 5) is 0. The van der Waals surface area contributed by atoms with Crippen LogP contribution in [0.15, 0.2) is 0 Å². The van der Waals surface area contributed by atoms with Gasteiger partial charge < -0.3 is 4.74 Å². The van der Waals surface area contributed by atoms with Gasteiger partial charge in [-0.15, -0.1) is 11.6 Å². The first-order valence-electron chi connectivity index (χ1n) is 3.36. The molecular weight excluding hydrogens is 136 g/mol. The van der Waals surface area contributed by atoms with Gasteiger partial charge in [0, 0.05) is 17.9 Å². The van der Waals surface area contributed by atoms with Crippen LogP contribution in [-0.2, 0) is 4.74 Å². The molecule has 9 heavy (non-hydrogen) atoms. The van der Waals surface area contributed by atoms with Crippen molar-refractivity contribution >= 4 is 11.6 Å². The predicted molar refractivity (Wildman–Crippen MR) is 38.9 cm³/mol. The van der Waals surface area contributed by atoms with Crippen LogP contribution in [0.1, 0.15) is 20.3 Å². The Hall–Kier alpha value is 0.250. The summed E-state index contributed by atoms with van der Waals surface area (Å²) < 4.78 is 5.37. The van der Waals surface area contributed by atoms with Gasteiger partial charge in [-0.25, -0.2) is 0 Å². The Balaban J connectivity index is 2.56. The van der Waals surface area contributed by atoms with E-state index in [1.54, 1.807) is 0 Å². The maximum Gasteiger partial charge on any atom is 0.0612 e. The molecule has 0 saturated carbocycles. The molecule has 1 rings (SSSR count). The first kappa shape index (κ1) is 7.36. The molecule has 0 N–H and O–H groups in total. The third-order valence-corrected chi connectivity index (χ3v) is 2.94. The van der Waals surface area contributed by atoms with E-state index in [2.05, 4.69) is 13.8 Å². The van der Waals surface area contributed by atoms with Crippen LogP contribution >= 0.6 is 11.6 Å². The highest BCUT2D eigenvalue weighted by Gasteiger charge is 2.35. The van der Waals surface area contributed by atoms with E-state index in [0.717, 1.165) is 13.0 Å². The molecule has 0 spiro atoms. The number of ether oxygens (including phenoxy) is 1. The Morgan fingerprint density at radius 1 is 1.78 bits per heavy atom. The molecule has 2 unspecified atom stereocenters. The summed E-state index contributed by atoms with van der Waals surface area (Å²) in [5, 5.41) is 0. The van der Waals surface area contributed by atoms with Gasteiger partial charge in [0.25, 0.3) is 0 Å². The molecule has 0 aromatic carbocycles. The molecule has 1 fully saturated rings. The van der Waals surface area contributed by atoms with E-state index in [-0.39, 0.29) is 5.41 Å². The van der Waals surface area contributed by atoms with Gasteiger partial charge in [-0.1, -0.05) is 6.92 Å². The molecule has 1 heterocycles. The van der Waals surface area contributed by atoms with Crippen LogP contribution in [0.4, 0.5) is 0 Å². The van der Waals surface area contributed by atoms with E-state index in [1.807, 2.05) is 0 Å². The molecule has 1 aliphatic rings. The van der Waals surface area contributed by atoms with Crippen molar-refractivity contribution in [2.75, 3.05) is 12.5 Å². The average molecular weight is 149 g/mol. The van der Waals surface area contributed by atoms with Crippen molar-refractivity contribution in [1.82, 2.24) is 0 Å². The lowest BCUT2D eigenvalue weighted by Crippen LogP contribution is -2.26. The van der Waals surface area contributed by atoms with E-state index < -0.39 is 0 Å². The first-order valence-corrected chi connectivity index (χ1v) is 3.90. The van der Waals surface area contributed by atoms with Crippen LogP contribution in [0.5, 0.6) is 0 Å².